The molecule has 1 aliphatic heterocycles. The van der Waals surface area contributed by atoms with Gasteiger partial charge in [-0.3, -0.25) is 14.6 Å². The van der Waals surface area contributed by atoms with Crippen LogP contribution in [-0.4, -0.2) is 23.3 Å². The fraction of sp³-hybridized carbons (Fsp3) is 0.296. The minimum atomic E-state index is -0.479. The average molecular weight is 445 g/mol. The number of rotatable bonds is 6. The third kappa shape index (κ3) is 4.60. The minimum Gasteiger partial charge on any atom is -0.492 e. The molecule has 3 aromatic rings. The topological polar surface area (TPSA) is 91.5 Å². The van der Waals surface area contributed by atoms with E-state index in [2.05, 4.69) is 18.8 Å². The summed E-state index contributed by atoms with van der Waals surface area (Å²) in [5.74, 6) is 0.967. The van der Waals surface area contributed by atoms with Crippen molar-refractivity contribution in [3.8, 4) is 11.5 Å². The van der Waals surface area contributed by atoms with E-state index < -0.39 is 12.0 Å². The number of benzene rings is 2. The van der Waals surface area contributed by atoms with Crippen LogP contribution in [0.4, 0.5) is 0 Å². The molecule has 6 heteroatoms. The van der Waals surface area contributed by atoms with Gasteiger partial charge in [-0.1, -0.05) is 26.0 Å². The second-order valence-electron chi connectivity index (χ2n) is 8.70. The maximum atomic E-state index is 12.4. The molecule has 1 atom stereocenters. The predicted molar refractivity (Wildman–Crippen MR) is 126 cm³/mol. The normalized spacial score (nSPS) is 13.9. The number of Topliss-reactive ketones (excluding diaryl/α,β-unsaturated/α-hetero) is 1. The molecule has 0 spiro atoms. The van der Waals surface area contributed by atoms with E-state index in [1.807, 2.05) is 44.2 Å². The Kier molecular flexibility index (Phi) is 6.18. The highest BCUT2D eigenvalue weighted by molar-refractivity contribution is 6.00. The fourth-order valence-corrected chi connectivity index (χ4v) is 4.28. The van der Waals surface area contributed by atoms with Crippen LogP contribution in [-0.2, 0) is 0 Å². The Morgan fingerprint density at radius 3 is 2.30 bits per heavy atom. The molecule has 33 heavy (non-hydrogen) atoms. The first-order valence-electron chi connectivity index (χ1n) is 11.1. The smallest absolute Gasteiger partial charge is 0.248 e. The molecule has 0 saturated carbocycles. The molecule has 1 amide bonds. The van der Waals surface area contributed by atoms with E-state index in [0.29, 0.717) is 35.7 Å². The number of ether oxygens (including phenoxy) is 2. The number of aromatic nitrogens is 1. The molecule has 2 N–H and O–H groups in total. The number of hydrogen-bond donors (Lipinski definition) is 1. The summed E-state index contributed by atoms with van der Waals surface area (Å²) in [6.45, 7) is 8.38. The third-order valence-electron chi connectivity index (χ3n) is 5.76. The van der Waals surface area contributed by atoms with Crippen LogP contribution in [0.5, 0.6) is 11.5 Å². The Morgan fingerprint density at radius 2 is 1.70 bits per heavy atom. The Morgan fingerprint density at radius 1 is 1.03 bits per heavy atom. The van der Waals surface area contributed by atoms with Gasteiger partial charge in [0.05, 0.1) is 12.2 Å². The van der Waals surface area contributed by atoms with E-state index in [1.54, 1.807) is 18.2 Å². The van der Waals surface area contributed by atoms with Crippen LogP contribution in [0.1, 0.15) is 81.1 Å². The van der Waals surface area contributed by atoms with Crippen molar-refractivity contribution < 1.29 is 19.1 Å². The minimum absolute atomic E-state index is 0.0830. The Labute approximate surface area is 193 Å². The van der Waals surface area contributed by atoms with E-state index in [9.17, 15) is 9.59 Å². The number of nitrogens with zero attached hydrogens (tertiary/aromatic N) is 1. The van der Waals surface area contributed by atoms with Gasteiger partial charge >= 0.3 is 0 Å². The lowest BCUT2D eigenvalue weighted by Gasteiger charge is -2.27. The molecular formula is C27H28N2O4. The largest absolute Gasteiger partial charge is 0.492 e. The highest BCUT2D eigenvalue weighted by Gasteiger charge is 2.28. The highest BCUT2D eigenvalue weighted by atomic mass is 16.5. The fourth-order valence-electron chi connectivity index (χ4n) is 4.28. The van der Waals surface area contributed by atoms with Crippen molar-refractivity contribution >= 4 is 11.7 Å². The Hall–Kier alpha value is -3.67. The first-order chi connectivity index (χ1) is 15.7. The molecule has 0 fully saturated rings. The molecule has 0 aliphatic carbocycles. The summed E-state index contributed by atoms with van der Waals surface area (Å²) in [5.41, 5.74) is 10.9. The molecule has 1 aromatic heterocycles. The molecular weight excluding hydrogens is 416 g/mol. The van der Waals surface area contributed by atoms with Crippen molar-refractivity contribution in [1.82, 2.24) is 4.98 Å². The van der Waals surface area contributed by atoms with E-state index in [1.165, 1.54) is 0 Å². The number of pyridine rings is 1. The highest BCUT2D eigenvalue weighted by Crippen LogP contribution is 2.42. The van der Waals surface area contributed by atoms with Gasteiger partial charge in [-0.25, -0.2) is 0 Å². The Bertz CT molecular complexity index is 1200. The van der Waals surface area contributed by atoms with Crippen LogP contribution in [0.25, 0.3) is 0 Å². The van der Waals surface area contributed by atoms with Crippen molar-refractivity contribution in [2.75, 3.05) is 6.61 Å². The van der Waals surface area contributed by atoms with E-state index in [4.69, 9.17) is 15.2 Å². The number of carbonyl (C=O) groups excluding carboxylic acids is 2. The molecule has 2 aromatic carbocycles. The maximum Gasteiger partial charge on any atom is 0.248 e. The molecule has 6 nitrogen and oxygen atoms in total. The molecule has 1 unspecified atom stereocenters. The van der Waals surface area contributed by atoms with Crippen molar-refractivity contribution in [3.63, 3.8) is 0 Å². The van der Waals surface area contributed by atoms with Crippen molar-refractivity contribution in [2.45, 2.75) is 46.1 Å². The number of nitrogens with two attached hydrogens (primary N) is 1. The van der Waals surface area contributed by atoms with Gasteiger partial charge in [-0.2, -0.15) is 0 Å². The van der Waals surface area contributed by atoms with Crippen LogP contribution >= 0.6 is 0 Å². The van der Waals surface area contributed by atoms with Crippen LogP contribution < -0.4 is 15.2 Å². The van der Waals surface area contributed by atoms with Crippen LogP contribution in [0.3, 0.4) is 0 Å². The lowest BCUT2D eigenvalue weighted by Crippen LogP contribution is -2.19. The van der Waals surface area contributed by atoms with Crippen LogP contribution in [0.15, 0.2) is 48.5 Å². The van der Waals surface area contributed by atoms with E-state index in [0.717, 1.165) is 28.1 Å². The van der Waals surface area contributed by atoms with Gasteiger partial charge in [-0.15, -0.1) is 0 Å². The first-order valence-corrected chi connectivity index (χ1v) is 11.1. The standard InChI is InChI=1S/C27H28N2O4/c1-15(2)24-23(10-9-21-22(30)11-12-32-26(21)24)33-25(20-13-16(3)29-17(4)14-20)18-5-7-19(8-6-18)27(28)31/h5-10,13-15,25H,11-12H2,1-4H3,(H2,28,31). The maximum absolute atomic E-state index is 12.4. The number of carbonyl (C=O) groups is 2. The second kappa shape index (κ2) is 9.06. The summed E-state index contributed by atoms with van der Waals surface area (Å²) < 4.78 is 12.6. The zero-order valence-electron chi connectivity index (χ0n) is 19.3. The van der Waals surface area contributed by atoms with Gasteiger partial charge in [0.25, 0.3) is 0 Å². The van der Waals surface area contributed by atoms with Crippen molar-refractivity contribution in [3.05, 3.63) is 87.7 Å². The molecule has 0 saturated heterocycles. The van der Waals surface area contributed by atoms with Gasteiger partial charge < -0.3 is 15.2 Å². The first kappa shape index (κ1) is 22.5. The van der Waals surface area contributed by atoms with Gasteiger partial charge in [0, 0.05) is 34.5 Å². The summed E-state index contributed by atoms with van der Waals surface area (Å²) >= 11 is 0. The Balaban J connectivity index is 1.83. The summed E-state index contributed by atoms with van der Waals surface area (Å²) in [4.78, 5) is 28.5. The summed E-state index contributed by atoms with van der Waals surface area (Å²) in [6, 6.07) is 14.7. The van der Waals surface area contributed by atoms with E-state index in [-0.39, 0.29) is 11.7 Å². The number of amides is 1. The molecule has 0 bridgehead atoms. The van der Waals surface area contributed by atoms with Crippen molar-refractivity contribution in [1.29, 1.82) is 0 Å². The lowest BCUT2D eigenvalue weighted by atomic mass is 9.93. The summed E-state index contributed by atoms with van der Waals surface area (Å²) in [7, 11) is 0. The lowest BCUT2D eigenvalue weighted by molar-refractivity contribution is 0.0930. The van der Waals surface area contributed by atoms with Gasteiger partial charge in [-0.05, 0) is 61.7 Å². The van der Waals surface area contributed by atoms with Gasteiger partial charge in [0.2, 0.25) is 5.91 Å². The monoisotopic (exact) mass is 444 g/mol. The van der Waals surface area contributed by atoms with E-state index >= 15 is 0 Å². The molecule has 170 valence electrons. The number of primary amides is 1. The number of ketones is 1. The zero-order chi connectivity index (χ0) is 23.7. The SMILES string of the molecule is Cc1cc(C(Oc2ccc3c(c2C(C)C)OCCC3=O)c2ccc(C(N)=O)cc2)cc(C)n1. The summed E-state index contributed by atoms with van der Waals surface area (Å²) in [5, 5.41) is 0. The van der Waals surface area contributed by atoms with Gasteiger partial charge in [0.15, 0.2) is 5.78 Å². The molecule has 1 aliphatic rings. The van der Waals surface area contributed by atoms with Crippen LogP contribution in [0.2, 0.25) is 0 Å². The van der Waals surface area contributed by atoms with Gasteiger partial charge in [0.1, 0.15) is 17.6 Å². The van der Waals surface area contributed by atoms with Crippen LogP contribution in [0, 0.1) is 13.8 Å². The number of aryl methyl sites for hydroxylation is 2. The molecule has 4 rings (SSSR count). The third-order valence-corrected chi connectivity index (χ3v) is 5.76. The second-order valence-corrected chi connectivity index (χ2v) is 8.70. The molecule has 2 heterocycles. The average Bonchev–Trinajstić information content (AvgIpc) is 2.76. The van der Waals surface area contributed by atoms with Crippen molar-refractivity contribution in [2.24, 2.45) is 5.73 Å². The quantitative estimate of drug-likeness (QED) is 0.574. The predicted octanol–water partition coefficient (Wildman–Crippen LogP) is 5.05. The zero-order valence-corrected chi connectivity index (χ0v) is 19.3. The summed E-state index contributed by atoms with van der Waals surface area (Å²) in [6.07, 6.45) is -0.0723. The number of fused-ring (bicyclic) bond motifs is 1. The number of hydrogen-bond acceptors (Lipinski definition) is 5. The molecule has 0 radical (unpaired) electrons.